The van der Waals surface area contributed by atoms with Gasteiger partial charge in [-0.1, -0.05) is 26.5 Å². The van der Waals surface area contributed by atoms with Gasteiger partial charge in [0.15, 0.2) is 0 Å². The van der Waals surface area contributed by atoms with E-state index in [1.807, 2.05) is 13.2 Å². The zero-order chi connectivity index (χ0) is 9.40. The molecule has 1 N–H and O–H groups in total. The van der Waals surface area contributed by atoms with Gasteiger partial charge in [0.05, 0.1) is 5.70 Å². The van der Waals surface area contributed by atoms with Crippen LogP contribution in [0.25, 0.3) is 0 Å². The fraction of sp³-hybridized carbons (Fsp3) is 0.500. The van der Waals surface area contributed by atoms with Gasteiger partial charge in [-0.15, -0.1) is 0 Å². The summed E-state index contributed by atoms with van der Waals surface area (Å²) in [6, 6.07) is 0. The molecule has 0 spiro atoms. The van der Waals surface area contributed by atoms with E-state index in [0.717, 1.165) is 12.1 Å². The highest BCUT2D eigenvalue weighted by Crippen LogP contribution is 2.10. The molecule has 0 aliphatic carbocycles. The van der Waals surface area contributed by atoms with Crippen molar-refractivity contribution >= 4 is 6.21 Å². The number of allylic oxidation sites excluding steroid dienone is 2. The van der Waals surface area contributed by atoms with E-state index < -0.39 is 0 Å². The van der Waals surface area contributed by atoms with E-state index >= 15 is 0 Å². The Morgan fingerprint density at radius 3 is 2.67 bits per heavy atom. The van der Waals surface area contributed by atoms with E-state index in [0.29, 0.717) is 5.92 Å². The number of hydrogen-bond acceptors (Lipinski definition) is 2. The molecule has 0 bridgehead atoms. The van der Waals surface area contributed by atoms with Gasteiger partial charge in [0, 0.05) is 19.5 Å². The highest BCUT2D eigenvalue weighted by molar-refractivity contribution is 5.71. The lowest BCUT2D eigenvalue weighted by molar-refractivity contribution is 0.636. The van der Waals surface area contributed by atoms with Gasteiger partial charge in [0.2, 0.25) is 0 Å². The molecule has 0 saturated carbocycles. The summed E-state index contributed by atoms with van der Waals surface area (Å²) in [4.78, 5) is 4.23. The molecule has 0 rings (SSSR count). The summed E-state index contributed by atoms with van der Waals surface area (Å²) >= 11 is 0. The van der Waals surface area contributed by atoms with Crippen molar-refractivity contribution in [2.75, 3.05) is 7.05 Å². The van der Waals surface area contributed by atoms with E-state index in [2.05, 4.69) is 30.7 Å². The second kappa shape index (κ2) is 6.65. The van der Waals surface area contributed by atoms with Crippen LogP contribution in [0.1, 0.15) is 20.3 Å². The Hall–Kier alpha value is -1.05. The van der Waals surface area contributed by atoms with Crippen molar-refractivity contribution in [3.05, 3.63) is 24.6 Å². The van der Waals surface area contributed by atoms with Crippen LogP contribution in [-0.2, 0) is 0 Å². The Kier molecular flexibility index (Phi) is 6.07. The van der Waals surface area contributed by atoms with Gasteiger partial charge in [-0.3, -0.25) is 4.99 Å². The molecule has 12 heavy (non-hydrogen) atoms. The first-order valence-corrected chi connectivity index (χ1v) is 4.22. The second-order valence-corrected chi connectivity index (χ2v) is 3.04. The molecule has 2 heteroatoms. The zero-order valence-electron chi connectivity index (χ0n) is 8.17. The van der Waals surface area contributed by atoms with Crippen molar-refractivity contribution in [1.29, 1.82) is 0 Å². The normalized spacial score (nSPS) is 12.5. The molecule has 68 valence electrons. The Balaban J connectivity index is 4.13. The van der Waals surface area contributed by atoms with Crippen LogP contribution in [0, 0.1) is 5.92 Å². The minimum Gasteiger partial charge on any atom is -0.393 e. The third kappa shape index (κ3) is 5.71. The molecular weight excluding hydrogens is 148 g/mol. The standard InChI is InChI=1S/C10H18N2/c1-5-6-12-10(8-11-4)7-9(2)3/h5-6,8-9,11H,1,7H2,2-4H3/b10-8-,12-6?. The molecule has 0 atom stereocenters. The third-order valence-corrected chi connectivity index (χ3v) is 1.27. The summed E-state index contributed by atoms with van der Waals surface area (Å²) in [5, 5.41) is 2.97. The Labute approximate surface area is 75.1 Å². The minimum atomic E-state index is 0.631. The fourth-order valence-electron chi connectivity index (χ4n) is 0.882. The number of aliphatic imine (C=N–C) groups is 1. The zero-order valence-corrected chi connectivity index (χ0v) is 8.17. The molecule has 0 amide bonds. The van der Waals surface area contributed by atoms with E-state index in [4.69, 9.17) is 0 Å². The summed E-state index contributed by atoms with van der Waals surface area (Å²) in [5.74, 6) is 0.631. The Bertz CT molecular complexity index is 178. The first kappa shape index (κ1) is 11.0. The average molecular weight is 166 g/mol. The maximum absolute atomic E-state index is 4.23. The number of nitrogens with zero attached hydrogens (tertiary/aromatic N) is 1. The first-order valence-electron chi connectivity index (χ1n) is 4.22. The van der Waals surface area contributed by atoms with Crippen molar-refractivity contribution in [2.24, 2.45) is 10.9 Å². The summed E-state index contributed by atoms with van der Waals surface area (Å²) < 4.78 is 0. The van der Waals surface area contributed by atoms with E-state index in [9.17, 15) is 0 Å². The van der Waals surface area contributed by atoms with Crippen molar-refractivity contribution in [2.45, 2.75) is 20.3 Å². The van der Waals surface area contributed by atoms with Crippen molar-refractivity contribution in [1.82, 2.24) is 5.32 Å². The van der Waals surface area contributed by atoms with Gasteiger partial charge in [-0.25, -0.2) is 0 Å². The Morgan fingerprint density at radius 1 is 1.58 bits per heavy atom. The van der Waals surface area contributed by atoms with Gasteiger partial charge in [-0.2, -0.15) is 0 Å². The van der Waals surface area contributed by atoms with Gasteiger partial charge in [0.25, 0.3) is 0 Å². The molecule has 0 aromatic carbocycles. The fourth-order valence-corrected chi connectivity index (χ4v) is 0.882. The lowest BCUT2D eigenvalue weighted by Gasteiger charge is -2.04. The minimum absolute atomic E-state index is 0.631. The SMILES string of the molecule is C=CC=N/C(=C\NC)CC(C)C. The van der Waals surface area contributed by atoms with Crippen LogP contribution in [0.3, 0.4) is 0 Å². The number of nitrogens with one attached hydrogen (secondary N) is 1. The van der Waals surface area contributed by atoms with Gasteiger partial charge in [0.1, 0.15) is 0 Å². The molecule has 0 aromatic rings. The Morgan fingerprint density at radius 2 is 2.25 bits per heavy atom. The molecule has 0 heterocycles. The quantitative estimate of drug-likeness (QED) is 0.623. The van der Waals surface area contributed by atoms with E-state index in [1.165, 1.54) is 0 Å². The number of rotatable bonds is 5. The van der Waals surface area contributed by atoms with E-state index in [1.54, 1.807) is 12.3 Å². The maximum Gasteiger partial charge on any atom is 0.0562 e. The number of hydrogen-bond donors (Lipinski definition) is 1. The molecule has 0 fully saturated rings. The summed E-state index contributed by atoms with van der Waals surface area (Å²) in [6.07, 6.45) is 6.31. The lowest BCUT2D eigenvalue weighted by Crippen LogP contribution is -1.98. The molecule has 0 aromatic heterocycles. The molecule has 0 saturated heterocycles. The maximum atomic E-state index is 4.23. The topological polar surface area (TPSA) is 24.4 Å². The summed E-state index contributed by atoms with van der Waals surface area (Å²) in [5.41, 5.74) is 1.06. The van der Waals surface area contributed by atoms with Crippen LogP contribution in [0.15, 0.2) is 29.5 Å². The molecule has 0 aliphatic heterocycles. The summed E-state index contributed by atoms with van der Waals surface area (Å²) in [7, 11) is 1.88. The van der Waals surface area contributed by atoms with Gasteiger partial charge in [-0.05, 0) is 12.3 Å². The second-order valence-electron chi connectivity index (χ2n) is 3.04. The van der Waals surface area contributed by atoms with Gasteiger partial charge >= 0.3 is 0 Å². The van der Waals surface area contributed by atoms with Crippen LogP contribution in [0.4, 0.5) is 0 Å². The summed E-state index contributed by atoms with van der Waals surface area (Å²) in [6.45, 7) is 7.92. The highest BCUT2D eigenvalue weighted by atomic mass is 14.8. The first-order chi connectivity index (χ1) is 5.70. The predicted molar refractivity (Wildman–Crippen MR) is 55.3 cm³/mol. The van der Waals surface area contributed by atoms with Crippen LogP contribution < -0.4 is 5.32 Å². The molecule has 2 nitrogen and oxygen atoms in total. The van der Waals surface area contributed by atoms with Crippen molar-refractivity contribution in [3.8, 4) is 0 Å². The van der Waals surface area contributed by atoms with Crippen LogP contribution in [-0.4, -0.2) is 13.3 Å². The highest BCUT2D eigenvalue weighted by Gasteiger charge is 1.97. The van der Waals surface area contributed by atoms with E-state index in [-0.39, 0.29) is 0 Å². The van der Waals surface area contributed by atoms with Crippen molar-refractivity contribution < 1.29 is 0 Å². The third-order valence-electron chi connectivity index (χ3n) is 1.27. The average Bonchev–Trinajstić information content (AvgIpc) is 2.00. The monoisotopic (exact) mass is 166 g/mol. The smallest absolute Gasteiger partial charge is 0.0562 e. The van der Waals surface area contributed by atoms with Crippen LogP contribution >= 0.6 is 0 Å². The lowest BCUT2D eigenvalue weighted by atomic mass is 10.1. The van der Waals surface area contributed by atoms with Crippen LogP contribution in [0.5, 0.6) is 0 Å². The van der Waals surface area contributed by atoms with Crippen LogP contribution in [0.2, 0.25) is 0 Å². The predicted octanol–water partition coefficient (Wildman–Crippen LogP) is 2.35. The van der Waals surface area contributed by atoms with Gasteiger partial charge < -0.3 is 5.32 Å². The molecule has 0 radical (unpaired) electrons. The molecule has 0 unspecified atom stereocenters. The molecular formula is C10H18N2. The molecule has 0 aliphatic rings. The largest absolute Gasteiger partial charge is 0.393 e. The van der Waals surface area contributed by atoms with Crippen molar-refractivity contribution in [3.63, 3.8) is 0 Å².